The van der Waals surface area contributed by atoms with E-state index in [4.69, 9.17) is 9.47 Å². The molecule has 0 saturated heterocycles. The molecule has 1 rings (SSSR count). The van der Waals surface area contributed by atoms with Crippen LogP contribution in [0.2, 0.25) is 0 Å². The third-order valence-electron chi connectivity index (χ3n) is 3.87. The molecule has 33 heavy (non-hydrogen) atoms. The van der Waals surface area contributed by atoms with Crippen molar-refractivity contribution in [2.24, 2.45) is 0 Å². The predicted octanol–water partition coefficient (Wildman–Crippen LogP) is 3.22. The highest BCUT2D eigenvalue weighted by Crippen LogP contribution is 2.38. The Morgan fingerprint density at radius 3 is 2.15 bits per heavy atom. The monoisotopic (exact) mass is 479 g/mol. The molecule has 0 aliphatic carbocycles. The highest BCUT2D eigenvalue weighted by atomic mass is 19.4. The molecule has 14 heteroatoms. The van der Waals surface area contributed by atoms with Crippen molar-refractivity contribution in [3.05, 3.63) is 16.2 Å². The summed E-state index contributed by atoms with van der Waals surface area (Å²) in [6.07, 6.45) is -6.03. The lowest BCUT2D eigenvalue weighted by Crippen LogP contribution is -2.40. The van der Waals surface area contributed by atoms with Crippen LogP contribution in [0.3, 0.4) is 0 Å². The molecule has 11 nitrogen and oxygen atoms in total. The quantitative estimate of drug-likeness (QED) is 0.409. The van der Waals surface area contributed by atoms with Gasteiger partial charge >= 0.3 is 18.0 Å². The molecule has 0 aliphatic rings. The standard InChI is InChI=1S/C19H28F3N5O6/c1-12(28)26(17(29)33-18(2,3)4)14-10-13(27(30)31)15(25(7)9-8-24(5)6)23-16(14)32-11-19(20,21)22/h10H,8-9,11H2,1-7H3. The van der Waals surface area contributed by atoms with E-state index in [1.54, 1.807) is 19.0 Å². The number of carbonyl (C=O) groups excluding carboxylic acids is 2. The molecule has 1 aromatic heterocycles. The molecule has 0 aliphatic heterocycles. The van der Waals surface area contributed by atoms with Gasteiger partial charge in [0, 0.05) is 33.1 Å². The number of amides is 2. The van der Waals surface area contributed by atoms with Crippen LogP contribution in [0.15, 0.2) is 6.07 Å². The maximum atomic E-state index is 12.8. The van der Waals surface area contributed by atoms with E-state index in [1.165, 1.54) is 32.7 Å². The second-order valence-electron chi connectivity index (χ2n) is 8.38. The van der Waals surface area contributed by atoms with Gasteiger partial charge in [-0.05, 0) is 34.9 Å². The van der Waals surface area contributed by atoms with Gasteiger partial charge in [-0.3, -0.25) is 14.9 Å². The van der Waals surface area contributed by atoms with Crippen molar-refractivity contribution in [1.82, 2.24) is 9.88 Å². The van der Waals surface area contributed by atoms with Gasteiger partial charge in [-0.15, -0.1) is 0 Å². The molecule has 2 amide bonds. The van der Waals surface area contributed by atoms with Crippen LogP contribution in [0.1, 0.15) is 27.7 Å². The summed E-state index contributed by atoms with van der Waals surface area (Å²) in [5.41, 5.74) is -2.35. The van der Waals surface area contributed by atoms with Crippen LogP contribution < -0.4 is 14.5 Å². The van der Waals surface area contributed by atoms with E-state index in [-0.39, 0.29) is 12.4 Å². The number of nitro groups is 1. The zero-order valence-electron chi connectivity index (χ0n) is 19.5. The Morgan fingerprint density at radius 2 is 1.73 bits per heavy atom. The lowest BCUT2D eigenvalue weighted by Gasteiger charge is -2.27. The Bertz CT molecular complexity index is 886. The van der Waals surface area contributed by atoms with E-state index in [2.05, 4.69) is 4.98 Å². The van der Waals surface area contributed by atoms with Crippen molar-refractivity contribution < 1.29 is 37.2 Å². The zero-order valence-corrected chi connectivity index (χ0v) is 19.5. The minimum absolute atomic E-state index is 0.237. The largest absolute Gasteiger partial charge is 0.466 e. The SMILES string of the molecule is CC(=O)N(C(=O)OC(C)(C)C)c1cc([N+](=O)[O-])c(N(C)CCN(C)C)nc1OCC(F)(F)F. The van der Waals surface area contributed by atoms with Crippen molar-refractivity contribution in [1.29, 1.82) is 0 Å². The Balaban J connectivity index is 3.69. The maximum absolute atomic E-state index is 12.8. The van der Waals surface area contributed by atoms with Crippen molar-refractivity contribution in [3.63, 3.8) is 0 Å². The van der Waals surface area contributed by atoms with E-state index in [0.717, 1.165) is 13.0 Å². The molecular weight excluding hydrogens is 451 g/mol. The molecule has 186 valence electrons. The van der Waals surface area contributed by atoms with Gasteiger partial charge in [-0.2, -0.15) is 18.2 Å². The molecule has 1 aromatic rings. The maximum Gasteiger partial charge on any atom is 0.422 e. The minimum Gasteiger partial charge on any atom is -0.466 e. The fraction of sp³-hybridized carbons (Fsp3) is 0.632. The van der Waals surface area contributed by atoms with E-state index >= 15 is 0 Å². The van der Waals surface area contributed by atoms with Crippen LogP contribution in [0.5, 0.6) is 5.88 Å². The molecular formula is C19H28F3N5O6. The van der Waals surface area contributed by atoms with Gasteiger partial charge in [0.15, 0.2) is 6.61 Å². The van der Waals surface area contributed by atoms with Gasteiger partial charge in [-0.25, -0.2) is 9.69 Å². The first-order valence-corrected chi connectivity index (χ1v) is 9.71. The number of carbonyl (C=O) groups is 2. The summed E-state index contributed by atoms with van der Waals surface area (Å²) in [5.74, 6) is -2.05. The van der Waals surface area contributed by atoms with Crippen LogP contribution in [0.4, 0.5) is 35.2 Å². The minimum atomic E-state index is -4.77. The molecule has 0 spiro atoms. The number of ether oxygens (including phenoxy) is 2. The van der Waals surface area contributed by atoms with Crippen molar-refractivity contribution >= 4 is 29.2 Å². The van der Waals surface area contributed by atoms with Crippen LogP contribution in [0.25, 0.3) is 0 Å². The molecule has 0 aromatic carbocycles. The fourth-order valence-electron chi connectivity index (χ4n) is 2.46. The smallest absolute Gasteiger partial charge is 0.422 e. The number of rotatable bonds is 8. The number of nitrogens with zero attached hydrogens (tertiary/aromatic N) is 5. The summed E-state index contributed by atoms with van der Waals surface area (Å²) in [4.78, 5) is 43.2. The van der Waals surface area contributed by atoms with Gasteiger partial charge in [0.05, 0.1) is 4.92 Å². The molecule has 0 bridgehead atoms. The Morgan fingerprint density at radius 1 is 1.15 bits per heavy atom. The van der Waals surface area contributed by atoms with E-state index < -0.39 is 52.6 Å². The van der Waals surface area contributed by atoms with Crippen molar-refractivity contribution in [2.45, 2.75) is 39.5 Å². The Hall–Kier alpha value is -3.16. The lowest BCUT2D eigenvalue weighted by molar-refractivity contribution is -0.384. The number of hydrogen-bond acceptors (Lipinski definition) is 9. The van der Waals surface area contributed by atoms with Gasteiger partial charge in [0.25, 0.3) is 0 Å². The molecule has 1 heterocycles. The number of anilines is 2. The van der Waals surface area contributed by atoms with Crippen LogP contribution >= 0.6 is 0 Å². The summed E-state index contributed by atoms with van der Waals surface area (Å²) in [5, 5.41) is 11.7. The Kier molecular flexibility index (Phi) is 8.99. The van der Waals surface area contributed by atoms with E-state index in [1.807, 2.05) is 0 Å². The highest BCUT2D eigenvalue weighted by Gasteiger charge is 2.35. The summed E-state index contributed by atoms with van der Waals surface area (Å²) in [6.45, 7) is 4.36. The number of imide groups is 1. The summed E-state index contributed by atoms with van der Waals surface area (Å²) in [7, 11) is 4.99. The predicted molar refractivity (Wildman–Crippen MR) is 114 cm³/mol. The van der Waals surface area contributed by atoms with E-state index in [0.29, 0.717) is 11.4 Å². The highest BCUT2D eigenvalue weighted by molar-refractivity contribution is 6.12. The summed E-state index contributed by atoms with van der Waals surface area (Å²) < 4.78 is 48.4. The number of hydrogen-bond donors (Lipinski definition) is 0. The lowest BCUT2D eigenvalue weighted by atomic mass is 10.2. The first kappa shape index (κ1) is 27.9. The zero-order chi connectivity index (χ0) is 25.7. The van der Waals surface area contributed by atoms with Gasteiger partial charge in [-0.1, -0.05) is 0 Å². The molecule has 0 unspecified atom stereocenters. The summed E-state index contributed by atoms with van der Waals surface area (Å²) >= 11 is 0. The molecule has 0 radical (unpaired) electrons. The average Bonchev–Trinajstić information content (AvgIpc) is 2.62. The van der Waals surface area contributed by atoms with E-state index in [9.17, 15) is 32.9 Å². The van der Waals surface area contributed by atoms with Crippen molar-refractivity contribution in [3.8, 4) is 5.88 Å². The van der Waals surface area contributed by atoms with Gasteiger partial charge in [0.1, 0.15) is 11.3 Å². The van der Waals surface area contributed by atoms with Gasteiger partial charge < -0.3 is 19.3 Å². The first-order valence-electron chi connectivity index (χ1n) is 9.71. The normalized spacial score (nSPS) is 11.8. The molecule has 0 N–H and O–H groups in total. The summed E-state index contributed by atoms with van der Waals surface area (Å²) in [6, 6.07) is 0.769. The third-order valence-corrected chi connectivity index (χ3v) is 3.87. The molecule has 0 fully saturated rings. The first-order chi connectivity index (χ1) is 14.9. The Labute approximate surface area is 189 Å². The van der Waals surface area contributed by atoms with Crippen molar-refractivity contribution in [2.75, 3.05) is 50.6 Å². The van der Waals surface area contributed by atoms with Crippen LogP contribution in [-0.4, -0.2) is 79.4 Å². The van der Waals surface area contributed by atoms with Crippen LogP contribution in [-0.2, 0) is 9.53 Å². The number of halogens is 3. The average molecular weight is 479 g/mol. The second kappa shape index (κ2) is 10.6. The number of alkyl halides is 3. The topological polar surface area (TPSA) is 118 Å². The molecule has 0 atom stereocenters. The number of pyridine rings is 1. The molecule has 0 saturated carbocycles. The third kappa shape index (κ3) is 8.71. The van der Waals surface area contributed by atoms with Crippen LogP contribution in [0, 0.1) is 10.1 Å². The number of aromatic nitrogens is 1. The van der Waals surface area contributed by atoms with Gasteiger partial charge in [0.2, 0.25) is 17.6 Å². The second-order valence-corrected chi connectivity index (χ2v) is 8.38. The fourth-order valence-corrected chi connectivity index (χ4v) is 2.46. The number of likely N-dealkylation sites (N-methyl/N-ethyl adjacent to an activating group) is 2.